The van der Waals surface area contributed by atoms with E-state index in [9.17, 15) is 9.59 Å². The van der Waals surface area contributed by atoms with E-state index in [2.05, 4.69) is 16.0 Å². The second-order valence-corrected chi connectivity index (χ2v) is 5.47. The van der Waals surface area contributed by atoms with Crippen LogP contribution in [-0.2, 0) is 4.79 Å². The van der Waals surface area contributed by atoms with Gasteiger partial charge in [-0.3, -0.25) is 14.9 Å². The summed E-state index contributed by atoms with van der Waals surface area (Å²) >= 11 is 11.1. The van der Waals surface area contributed by atoms with Gasteiger partial charge in [0.2, 0.25) is 5.91 Å². The van der Waals surface area contributed by atoms with E-state index < -0.39 is 5.91 Å². The first-order valence-electron chi connectivity index (χ1n) is 6.70. The molecule has 0 aliphatic rings. The third-order valence-corrected chi connectivity index (χ3v) is 3.32. The first kappa shape index (κ1) is 16.9. The Morgan fingerprint density at radius 2 is 1.65 bits per heavy atom. The average molecular weight is 348 g/mol. The molecule has 0 atom stereocenters. The van der Waals surface area contributed by atoms with Crippen LogP contribution in [0.3, 0.4) is 0 Å². The Morgan fingerprint density at radius 3 is 2.30 bits per heavy atom. The molecule has 0 aliphatic carbocycles. The lowest BCUT2D eigenvalue weighted by Gasteiger charge is -2.11. The van der Waals surface area contributed by atoms with E-state index in [0.29, 0.717) is 22.0 Å². The number of carbonyl (C=O) groups is 2. The fourth-order valence-electron chi connectivity index (χ4n) is 1.86. The van der Waals surface area contributed by atoms with Crippen LogP contribution in [0.5, 0.6) is 0 Å². The lowest BCUT2D eigenvalue weighted by Crippen LogP contribution is -2.34. The highest BCUT2D eigenvalue weighted by atomic mass is 35.5. The minimum absolute atomic E-state index is 0.134. The molecule has 0 heterocycles. The van der Waals surface area contributed by atoms with E-state index in [0.717, 1.165) is 0 Å². The molecule has 0 fully saturated rings. The number of nitrogens with one attached hydrogen (secondary N) is 3. The minimum atomic E-state index is -0.397. The minimum Gasteiger partial charge on any atom is -0.332 e. The Labute approximate surface area is 144 Å². The van der Waals surface area contributed by atoms with Crippen molar-refractivity contribution < 1.29 is 9.59 Å². The van der Waals surface area contributed by atoms with Gasteiger partial charge in [0.1, 0.15) is 0 Å². The van der Waals surface area contributed by atoms with Crippen LogP contribution in [0.1, 0.15) is 17.3 Å². The Bertz CT molecular complexity index is 764. The quantitative estimate of drug-likeness (QED) is 0.744. The molecule has 5 nitrogen and oxygen atoms in total. The molecule has 2 rings (SSSR count). The molecular weight excluding hydrogens is 334 g/mol. The Balaban J connectivity index is 2.01. The Kier molecular flexibility index (Phi) is 5.67. The van der Waals surface area contributed by atoms with E-state index in [1.165, 1.54) is 6.92 Å². The topological polar surface area (TPSA) is 70.2 Å². The van der Waals surface area contributed by atoms with Crippen LogP contribution in [0, 0.1) is 0 Å². The van der Waals surface area contributed by atoms with Crippen LogP contribution < -0.4 is 16.0 Å². The number of amides is 2. The maximum Gasteiger partial charge on any atom is 0.258 e. The summed E-state index contributed by atoms with van der Waals surface area (Å²) in [5.74, 6) is -0.567. The van der Waals surface area contributed by atoms with Crippen molar-refractivity contribution in [2.24, 2.45) is 0 Å². The van der Waals surface area contributed by atoms with Gasteiger partial charge < -0.3 is 10.6 Å². The maximum absolute atomic E-state index is 12.1. The molecule has 0 bridgehead atoms. The standard InChI is InChI=1S/C16H14ClN3O2S/c1-10(21)18-11-5-4-6-12(9-11)19-16(23)20-15(22)13-7-2-3-8-14(13)17/h2-9H,1H3,(H,18,21)(H2,19,20,22,23). The molecular formula is C16H14ClN3O2S. The molecule has 0 saturated heterocycles. The van der Waals surface area contributed by atoms with Crippen LogP contribution in [0.2, 0.25) is 5.02 Å². The molecule has 0 aromatic heterocycles. The van der Waals surface area contributed by atoms with Gasteiger partial charge in [0.25, 0.3) is 5.91 Å². The summed E-state index contributed by atoms with van der Waals surface area (Å²) in [4.78, 5) is 23.2. The highest BCUT2D eigenvalue weighted by Crippen LogP contribution is 2.16. The number of hydrogen-bond acceptors (Lipinski definition) is 3. The van der Waals surface area contributed by atoms with Crippen LogP contribution in [0.15, 0.2) is 48.5 Å². The second-order valence-electron chi connectivity index (χ2n) is 4.65. The van der Waals surface area contributed by atoms with Crippen molar-refractivity contribution in [1.82, 2.24) is 5.32 Å². The third kappa shape index (κ3) is 5.05. The van der Waals surface area contributed by atoms with Crippen LogP contribution >= 0.6 is 23.8 Å². The summed E-state index contributed by atoms with van der Waals surface area (Å²) in [6, 6.07) is 13.7. The zero-order chi connectivity index (χ0) is 16.8. The van der Waals surface area contributed by atoms with Gasteiger partial charge in [-0.25, -0.2) is 0 Å². The van der Waals surface area contributed by atoms with Crippen LogP contribution in [0.4, 0.5) is 11.4 Å². The second kappa shape index (κ2) is 7.71. The fraction of sp³-hybridized carbons (Fsp3) is 0.0625. The first-order valence-corrected chi connectivity index (χ1v) is 7.49. The molecule has 0 saturated carbocycles. The molecule has 3 N–H and O–H groups in total. The molecule has 2 aromatic rings. The summed E-state index contributed by atoms with van der Waals surface area (Å²) in [6.45, 7) is 1.43. The van der Waals surface area contributed by atoms with Gasteiger partial charge in [-0.05, 0) is 42.5 Å². The van der Waals surface area contributed by atoms with Crippen molar-refractivity contribution in [3.8, 4) is 0 Å². The van der Waals surface area contributed by atoms with Crippen LogP contribution in [0.25, 0.3) is 0 Å². The predicted octanol–water partition coefficient (Wildman–Crippen LogP) is 3.43. The van der Waals surface area contributed by atoms with Gasteiger partial charge in [-0.2, -0.15) is 0 Å². The number of carbonyl (C=O) groups excluding carboxylic acids is 2. The Hall–Kier alpha value is -2.44. The zero-order valence-electron chi connectivity index (χ0n) is 12.2. The number of halogens is 1. The number of anilines is 2. The van der Waals surface area contributed by atoms with Crippen LogP contribution in [-0.4, -0.2) is 16.9 Å². The molecule has 0 radical (unpaired) electrons. The van der Waals surface area contributed by atoms with Crippen molar-refractivity contribution in [2.75, 3.05) is 10.6 Å². The van der Waals surface area contributed by atoms with E-state index in [1.54, 1.807) is 48.5 Å². The smallest absolute Gasteiger partial charge is 0.258 e. The molecule has 7 heteroatoms. The molecule has 118 valence electrons. The summed E-state index contributed by atoms with van der Waals surface area (Å²) in [7, 11) is 0. The SMILES string of the molecule is CC(=O)Nc1cccc(NC(=S)NC(=O)c2ccccc2Cl)c1. The van der Waals surface area contributed by atoms with Gasteiger partial charge in [0.15, 0.2) is 5.11 Å². The van der Waals surface area contributed by atoms with Crippen molar-refractivity contribution >= 4 is 52.1 Å². The number of rotatable bonds is 3. The largest absolute Gasteiger partial charge is 0.332 e. The summed E-state index contributed by atoms with van der Waals surface area (Å²) < 4.78 is 0. The molecule has 2 amide bonds. The van der Waals surface area contributed by atoms with E-state index >= 15 is 0 Å². The van der Waals surface area contributed by atoms with E-state index in [1.807, 2.05) is 0 Å². The maximum atomic E-state index is 12.1. The summed E-state index contributed by atoms with van der Waals surface area (Å²) in [5.41, 5.74) is 1.61. The normalized spacial score (nSPS) is 9.83. The fourth-order valence-corrected chi connectivity index (χ4v) is 2.29. The zero-order valence-corrected chi connectivity index (χ0v) is 13.8. The molecule has 0 spiro atoms. The highest BCUT2D eigenvalue weighted by molar-refractivity contribution is 7.80. The number of benzene rings is 2. The number of thiocarbonyl (C=S) groups is 1. The van der Waals surface area contributed by atoms with Gasteiger partial charge in [0.05, 0.1) is 10.6 Å². The lowest BCUT2D eigenvalue weighted by molar-refractivity contribution is -0.114. The number of hydrogen-bond donors (Lipinski definition) is 3. The molecule has 23 heavy (non-hydrogen) atoms. The van der Waals surface area contributed by atoms with E-state index in [4.69, 9.17) is 23.8 Å². The first-order chi connectivity index (χ1) is 11.0. The monoisotopic (exact) mass is 347 g/mol. The van der Waals surface area contributed by atoms with Crippen molar-refractivity contribution in [1.29, 1.82) is 0 Å². The van der Waals surface area contributed by atoms with Gasteiger partial charge in [0, 0.05) is 18.3 Å². The molecule has 0 unspecified atom stereocenters. The van der Waals surface area contributed by atoms with Gasteiger partial charge in [-0.15, -0.1) is 0 Å². The Morgan fingerprint density at radius 1 is 1.00 bits per heavy atom. The van der Waals surface area contributed by atoms with E-state index in [-0.39, 0.29) is 11.0 Å². The van der Waals surface area contributed by atoms with Crippen molar-refractivity contribution in [2.45, 2.75) is 6.92 Å². The predicted molar refractivity (Wildman–Crippen MR) is 95.9 cm³/mol. The lowest BCUT2D eigenvalue weighted by atomic mass is 10.2. The summed E-state index contributed by atoms with van der Waals surface area (Å²) in [6.07, 6.45) is 0. The van der Waals surface area contributed by atoms with Crippen molar-refractivity contribution in [3.05, 3.63) is 59.1 Å². The van der Waals surface area contributed by atoms with Gasteiger partial charge >= 0.3 is 0 Å². The average Bonchev–Trinajstić information content (AvgIpc) is 2.47. The van der Waals surface area contributed by atoms with Gasteiger partial charge in [-0.1, -0.05) is 29.8 Å². The summed E-state index contributed by atoms with van der Waals surface area (Å²) in [5, 5.41) is 8.58. The highest BCUT2D eigenvalue weighted by Gasteiger charge is 2.11. The molecule has 0 aliphatic heterocycles. The van der Waals surface area contributed by atoms with Crippen molar-refractivity contribution in [3.63, 3.8) is 0 Å². The third-order valence-electron chi connectivity index (χ3n) is 2.79. The molecule has 2 aromatic carbocycles.